The SMILES string of the molecule is CC([NH2+]CCC(=O)CCC1CCCC1)C(O)c1ccc(O)cc1.O=C([O-])C(=O)O. The van der Waals surface area contributed by atoms with Crippen LogP contribution in [0.2, 0.25) is 0 Å². The van der Waals surface area contributed by atoms with Crippen molar-refractivity contribution in [1.29, 1.82) is 0 Å². The molecule has 0 aromatic heterocycles. The topological polar surface area (TPSA) is 152 Å². The average Bonchev–Trinajstić information content (AvgIpc) is 3.20. The van der Waals surface area contributed by atoms with Gasteiger partial charge in [-0.1, -0.05) is 37.8 Å². The number of carbonyl (C=O) groups is 3. The second-order valence-electron chi connectivity index (χ2n) is 7.49. The van der Waals surface area contributed by atoms with Gasteiger partial charge in [0.05, 0.1) is 13.0 Å². The number of benzene rings is 1. The number of rotatable bonds is 9. The van der Waals surface area contributed by atoms with Gasteiger partial charge in [-0.15, -0.1) is 0 Å². The Morgan fingerprint density at radius 1 is 1.14 bits per heavy atom. The van der Waals surface area contributed by atoms with Crippen molar-refractivity contribution < 1.29 is 40.1 Å². The number of quaternary nitrogens is 1. The number of ketones is 1. The molecule has 1 aliphatic rings. The van der Waals surface area contributed by atoms with Crippen molar-refractivity contribution in [3.8, 4) is 5.75 Å². The third kappa shape index (κ3) is 10.0. The smallest absolute Gasteiger partial charge is 0.351 e. The molecular weight excluding hydrogens is 378 g/mol. The third-order valence-corrected chi connectivity index (χ3v) is 5.18. The highest BCUT2D eigenvalue weighted by atomic mass is 16.4. The van der Waals surface area contributed by atoms with Crippen LogP contribution in [0.1, 0.15) is 63.5 Å². The van der Waals surface area contributed by atoms with Crippen LogP contribution in [0.25, 0.3) is 0 Å². The normalized spacial score (nSPS) is 15.8. The van der Waals surface area contributed by atoms with Crippen molar-refractivity contribution in [2.45, 2.75) is 64.0 Å². The van der Waals surface area contributed by atoms with Crippen molar-refractivity contribution in [3.63, 3.8) is 0 Å². The van der Waals surface area contributed by atoms with Gasteiger partial charge in [-0.2, -0.15) is 0 Å². The molecule has 1 aromatic carbocycles. The van der Waals surface area contributed by atoms with Crippen molar-refractivity contribution in [1.82, 2.24) is 0 Å². The summed E-state index contributed by atoms with van der Waals surface area (Å²) in [6.45, 7) is 2.68. The van der Waals surface area contributed by atoms with Gasteiger partial charge in [0.15, 0.2) is 5.97 Å². The van der Waals surface area contributed by atoms with E-state index in [0.717, 1.165) is 24.4 Å². The first kappa shape index (κ1) is 24.6. The van der Waals surface area contributed by atoms with Crippen LogP contribution in [0.15, 0.2) is 24.3 Å². The predicted molar refractivity (Wildman–Crippen MR) is 103 cm³/mol. The Morgan fingerprint density at radius 3 is 2.21 bits per heavy atom. The zero-order valence-electron chi connectivity index (χ0n) is 16.8. The number of carboxylic acid groups (broad SMARTS) is 2. The van der Waals surface area contributed by atoms with E-state index < -0.39 is 18.0 Å². The summed E-state index contributed by atoms with van der Waals surface area (Å²) in [6, 6.07) is 6.62. The van der Waals surface area contributed by atoms with E-state index in [4.69, 9.17) is 19.8 Å². The minimum Gasteiger partial charge on any atom is -0.539 e. The molecule has 8 heteroatoms. The number of aliphatic hydroxyl groups excluding tert-OH is 1. The number of phenolic OH excluding ortho intramolecular Hbond substituents is 1. The van der Waals surface area contributed by atoms with Crippen molar-refractivity contribution in [2.75, 3.05) is 6.54 Å². The number of aliphatic carboxylic acids is 2. The van der Waals surface area contributed by atoms with Gasteiger partial charge in [-0.25, -0.2) is 4.79 Å². The quantitative estimate of drug-likeness (QED) is 0.423. The zero-order valence-corrected chi connectivity index (χ0v) is 16.8. The molecule has 29 heavy (non-hydrogen) atoms. The number of hydrogen-bond acceptors (Lipinski definition) is 6. The fourth-order valence-electron chi connectivity index (χ4n) is 3.40. The second-order valence-corrected chi connectivity index (χ2v) is 7.49. The molecular formula is C21H31NO7. The number of aliphatic hydroxyl groups is 1. The van der Waals surface area contributed by atoms with Gasteiger partial charge in [0.1, 0.15) is 23.7 Å². The molecule has 0 amide bonds. The van der Waals surface area contributed by atoms with Crippen LogP contribution in [-0.2, 0) is 14.4 Å². The number of hydrogen-bond donors (Lipinski definition) is 4. The van der Waals surface area contributed by atoms with E-state index in [-0.39, 0.29) is 11.8 Å². The van der Waals surface area contributed by atoms with Gasteiger partial charge in [-0.3, -0.25) is 4.79 Å². The van der Waals surface area contributed by atoms with Crippen LogP contribution in [-0.4, -0.2) is 45.6 Å². The molecule has 162 valence electrons. The number of aromatic hydroxyl groups is 1. The Morgan fingerprint density at radius 2 is 1.69 bits per heavy atom. The fourth-order valence-corrected chi connectivity index (χ4v) is 3.40. The van der Waals surface area contributed by atoms with Gasteiger partial charge in [0, 0.05) is 6.42 Å². The molecule has 8 nitrogen and oxygen atoms in total. The summed E-state index contributed by atoms with van der Waals surface area (Å²) in [5, 5.41) is 37.9. The molecule has 0 heterocycles. The second kappa shape index (κ2) is 12.9. The highest BCUT2D eigenvalue weighted by molar-refractivity contribution is 6.26. The first-order chi connectivity index (χ1) is 13.7. The highest BCUT2D eigenvalue weighted by Crippen LogP contribution is 2.28. The van der Waals surface area contributed by atoms with E-state index in [1.807, 2.05) is 12.2 Å². The van der Waals surface area contributed by atoms with Crippen molar-refractivity contribution in [2.24, 2.45) is 5.92 Å². The Hall–Kier alpha value is -2.45. The maximum atomic E-state index is 11.9. The molecule has 1 aliphatic carbocycles. The van der Waals surface area contributed by atoms with Crippen LogP contribution in [0.5, 0.6) is 5.75 Å². The zero-order chi connectivity index (χ0) is 21.8. The van der Waals surface area contributed by atoms with E-state index in [1.54, 1.807) is 24.3 Å². The van der Waals surface area contributed by atoms with E-state index in [0.29, 0.717) is 18.6 Å². The van der Waals surface area contributed by atoms with Gasteiger partial charge >= 0.3 is 5.97 Å². The Balaban J connectivity index is 0.000000612. The summed E-state index contributed by atoms with van der Waals surface area (Å²) in [5.41, 5.74) is 0.791. The summed E-state index contributed by atoms with van der Waals surface area (Å²) >= 11 is 0. The number of nitrogens with two attached hydrogens (primary N) is 1. The Kier molecular flexibility index (Phi) is 10.9. The molecule has 1 saturated carbocycles. The molecule has 2 rings (SSSR count). The van der Waals surface area contributed by atoms with Crippen LogP contribution in [0.4, 0.5) is 0 Å². The third-order valence-electron chi connectivity index (χ3n) is 5.18. The average molecular weight is 409 g/mol. The maximum Gasteiger partial charge on any atom is 0.351 e. The first-order valence-electron chi connectivity index (χ1n) is 9.97. The first-order valence-corrected chi connectivity index (χ1v) is 9.97. The van der Waals surface area contributed by atoms with Gasteiger partial charge in [0.25, 0.3) is 0 Å². The van der Waals surface area contributed by atoms with Crippen LogP contribution in [0, 0.1) is 5.92 Å². The predicted octanol–water partition coefficient (Wildman–Crippen LogP) is 0.128. The molecule has 0 radical (unpaired) electrons. The molecule has 5 N–H and O–H groups in total. The summed E-state index contributed by atoms with van der Waals surface area (Å²) in [4.78, 5) is 30.0. The molecule has 0 bridgehead atoms. The van der Waals surface area contributed by atoms with Gasteiger partial charge < -0.3 is 30.5 Å². The lowest BCUT2D eigenvalue weighted by atomic mass is 9.99. The lowest BCUT2D eigenvalue weighted by Crippen LogP contribution is -2.90. The summed E-state index contributed by atoms with van der Waals surface area (Å²) < 4.78 is 0. The molecule has 0 spiro atoms. The van der Waals surface area contributed by atoms with E-state index in [9.17, 15) is 15.0 Å². The van der Waals surface area contributed by atoms with Crippen LogP contribution < -0.4 is 10.4 Å². The van der Waals surface area contributed by atoms with Crippen LogP contribution in [0.3, 0.4) is 0 Å². The minimum atomic E-state index is -2.07. The maximum absolute atomic E-state index is 11.9. The van der Waals surface area contributed by atoms with E-state index in [2.05, 4.69) is 0 Å². The molecule has 2 atom stereocenters. The number of phenols is 1. The molecule has 1 aromatic rings. The molecule has 0 saturated heterocycles. The Labute approximate surface area is 170 Å². The Bertz CT molecular complexity index is 641. The molecule has 0 aliphatic heterocycles. The highest BCUT2D eigenvalue weighted by Gasteiger charge is 2.20. The number of carboxylic acids is 2. The number of Topliss-reactive ketones (excluding diaryl/α,β-unsaturated/α-hetero) is 1. The lowest BCUT2D eigenvalue weighted by molar-refractivity contribution is -0.693. The minimum absolute atomic E-state index is 0.0119. The van der Waals surface area contributed by atoms with Crippen molar-refractivity contribution >= 4 is 17.7 Å². The van der Waals surface area contributed by atoms with Gasteiger partial charge in [0.2, 0.25) is 0 Å². The van der Waals surface area contributed by atoms with E-state index >= 15 is 0 Å². The summed E-state index contributed by atoms with van der Waals surface area (Å²) in [7, 11) is 0. The largest absolute Gasteiger partial charge is 0.539 e. The molecule has 2 unspecified atom stereocenters. The fraction of sp³-hybridized carbons (Fsp3) is 0.571. The van der Waals surface area contributed by atoms with Gasteiger partial charge in [-0.05, 0) is 37.0 Å². The standard InChI is InChI=1S/C19H29NO3.C2H2O4/c1-14(19(23)16-7-10-17(21)11-8-16)20-13-12-18(22)9-6-15-4-2-3-5-15;3-1(4)2(5)6/h7-8,10-11,14-15,19-21,23H,2-6,9,12-13H2,1H3;(H,3,4)(H,5,6). The van der Waals surface area contributed by atoms with E-state index in [1.165, 1.54) is 25.7 Å². The molecule has 1 fully saturated rings. The van der Waals surface area contributed by atoms with Crippen molar-refractivity contribution in [3.05, 3.63) is 29.8 Å². The summed E-state index contributed by atoms with van der Waals surface area (Å²) in [6.07, 6.45) is 7.03. The number of carbonyl (C=O) groups excluding carboxylic acids is 2. The monoisotopic (exact) mass is 409 g/mol. The lowest BCUT2D eigenvalue weighted by Gasteiger charge is -2.17. The van der Waals surface area contributed by atoms with Crippen LogP contribution >= 0.6 is 0 Å². The summed E-state index contributed by atoms with van der Waals surface area (Å²) in [5.74, 6) is -2.69.